The number of rotatable bonds is 5. The fourth-order valence-electron chi connectivity index (χ4n) is 2.70. The van der Waals surface area contributed by atoms with Crippen molar-refractivity contribution in [1.82, 2.24) is 20.4 Å². The van der Waals surface area contributed by atoms with Gasteiger partial charge >= 0.3 is 6.03 Å². The minimum atomic E-state index is -1.14. The van der Waals surface area contributed by atoms with Crippen molar-refractivity contribution in [2.45, 2.75) is 30.9 Å². The lowest BCUT2D eigenvalue weighted by atomic mass is 10.00. The minimum absolute atomic E-state index is 0.132. The molecule has 1 saturated carbocycles. The molecule has 0 saturated heterocycles. The number of aryl methyl sites for hydroxylation is 1. The van der Waals surface area contributed by atoms with Crippen LogP contribution in [0.3, 0.4) is 0 Å². The number of amides is 2. The van der Waals surface area contributed by atoms with Crippen molar-refractivity contribution in [1.29, 1.82) is 0 Å². The lowest BCUT2D eigenvalue weighted by molar-refractivity contribution is 0.0593. The summed E-state index contributed by atoms with van der Waals surface area (Å²) in [6, 6.07) is 10.1. The number of hydrogen-bond donors (Lipinski definition) is 3. The van der Waals surface area contributed by atoms with E-state index in [-0.39, 0.29) is 18.6 Å². The van der Waals surface area contributed by atoms with Crippen LogP contribution in [0.15, 0.2) is 42.7 Å². The first-order valence-electron chi connectivity index (χ1n) is 7.76. The first-order chi connectivity index (χ1) is 11.0. The van der Waals surface area contributed by atoms with Crippen molar-refractivity contribution in [2.75, 3.05) is 6.54 Å². The second-order valence-electron chi connectivity index (χ2n) is 6.36. The molecule has 23 heavy (non-hydrogen) atoms. The molecular weight excluding hydrogens is 292 g/mol. The Morgan fingerprint density at radius 1 is 1.43 bits per heavy atom. The molecule has 1 heterocycles. The third-order valence-electron chi connectivity index (χ3n) is 4.25. The van der Waals surface area contributed by atoms with Crippen LogP contribution in [0.25, 0.3) is 0 Å². The second kappa shape index (κ2) is 6.04. The summed E-state index contributed by atoms with van der Waals surface area (Å²) in [6.45, 7) is 1.79. The fourth-order valence-corrected chi connectivity index (χ4v) is 2.70. The largest absolute Gasteiger partial charge is 0.383 e. The maximum atomic E-state index is 12.0. The molecule has 1 fully saturated rings. The third-order valence-corrected chi connectivity index (χ3v) is 4.25. The van der Waals surface area contributed by atoms with Gasteiger partial charge in [-0.2, -0.15) is 5.10 Å². The fraction of sp³-hybridized carbons (Fsp3) is 0.412. The maximum absolute atomic E-state index is 12.0. The average molecular weight is 314 g/mol. The van der Waals surface area contributed by atoms with Gasteiger partial charge in [-0.1, -0.05) is 30.3 Å². The van der Waals surface area contributed by atoms with Gasteiger partial charge in [-0.15, -0.1) is 0 Å². The summed E-state index contributed by atoms with van der Waals surface area (Å²) >= 11 is 0. The zero-order valence-corrected chi connectivity index (χ0v) is 13.4. The maximum Gasteiger partial charge on any atom is 0.315 e. The van der Waals surface area contributed by atoms with Crippen LogP contribution >= 0.6 is 0 Å². The molecule has 0 bridgehead atoms. The molecule has 3 rings (SSSR count). The molecule has 1 aliphatic carbocycles. The molecule has 3 unspecified atom stereocenters. The molecule has 0 aliphatic heterocycles. The van der Waals surface area contributed by atoms with E-state index in [2.05, 4.69) is 27.9 Å². The Kier molecular flexibility index (Phi) is 4.09. The van der Waals surface area contributed by atoms with Crippen LogP contribution in [0.5, 0.6) is 0 Å². The molecule has 6 nitrogen and oxygen atoms in total. The molecular formula is C17H22N4O2. The van der Waals surface area contributed by atoms with Crippen LogP contribution in [0, 0.1) is 0 Å². The van der Waals surface area contributed by atoms with Gasteiger partial charge in [-0.25, -0.2) is 4.79 Å². The average Bonchev–Trinajstić information content (AvgIpc) is 3.15. The van der Waals surface area contributed by atoms with Gasteiger partial charge in [0, 0.05) is 30.8 Å². The summed E-state index contributed by atoms with van der Waals surface area (Å²) < 4.78 is 1.62. The topological polar surface area (TPSA) is 79.2 Å². The van der Waals surface area contributed by atoms with Crippen LogP contribution in [0.1, 0.15) is 30.4 Å². The van der Waals surface area contributed by atoms with Gasteiger partial charge in [-0.3, -0.25) is 4.68 Å². The van der Waals surface area contributed by atoms with Gasteiger partial charge in [0.05, 0.1) is 12.7 Å². The number of carbonyl (C=O) groups excluding carboxylic acids is 1. The van der Waals surface area contributed by atoms with Gasteiger partial charge in [0.1, 0.15) is 5.60 Å². The molecule has 2 aromatic rings. The first-order valence-corrected chi connectivity index (χ1v) is 7.76. The van der Waals surface area contributed by atoms with Gasteiger partial charge in [0.15, 0.2) is 0 Å². The zero-order valence-electron chi connectivity index (χ0n) is 13.4. The van der Waals surface area contributed by atoms with Gasteiger partial charge in [-0.05, 0) is 18.9 Å². The van der Waals surface area contributed by atoms with Crippen molar-refractivity contribution >= 4 is 6.03 Å². The predicted octanol–water partition coefficient (Wildman–Crippen LogP) is 1.48. The van der Waals surface area contributed by atoms with E-state index in [0.29, 0.717) is 11.5 Å². The summed E-state index contributed by atoms with van der Waals surface area (Å²) in [5, 5.41) is 20.2. The highest BCUT2D eigenvalue weighted by Crippen LogP contribution is 2.40. The minimum Gasteiger partial charge on any atom is -0.383 e. The number of hydrogen-bond acceptors (Lipinski definition) is 3. The molecule has 3 N–H and O–H groups in total. The number of nitrogens with zero attached hydrogens (tertiary/aromatic N) is 2. The van der Waals surface area contributed by atoms with E-state index >= 15 is 0 Å². The lowest BCUT2D eigenvalue weighted by Gasteiger charge is -2.22. The number of aliphatic hydroxyl groups is 1. The third kappa shape index (κ3) is 3.71. The van der Waals surface area contributed by atoms with Crippen molar-refractivity contribution in [3.8, 4) is 0 Å². The van der Waals surface area contributed by atoms with Crippen molar-refractivity contribution in [3.05, 3.63) is 53.9 Å². The Morgan fingerprint density at radius 3 is 2.83 bits per heavy atom. The SMILES string of the molecule is Cn1cc(C(C)(O)CNC(=O)NC2CC2c2ccccc2)cn1. The van der Waals surface area contributed by atoms with E-state index in [0.717, 1.165) is 6.42 Å². The van der Waals surface area contributed by atoms with Crippen molar-refractivity contribution in [3.63, 3.8) is 0 Å². The highest BCUT2D eigenvalue weighted by atomic mass is 16.3. The molecule has 2 amide bonds. The second-order valence-corrected chi connectivity index (χ2v) is 6.36. The Morgan fingerprint density at radius 2 is 2.17 bits per heavy atom. The number of urea groups is 1. The smallest absolute Gasteiger partial charge is 0.315 e. The molecule has 3 atom stereocenters. The van der Waals surface area contributed by atoms with Gasteiger partial charge < -0.3 is 15.7 Å². The normalized spacial score (nSPS) is 22.2. The monoisotopic (exact) mass is 314 g/mol. The van der Waals surface area contributed by atoms with Crippen molar-refractivity contribution < 1.29 is 9.90 Å². The van der Waals surface area contributed by atoms with E-state index in [1.807, 2.05) is 18.2 Å². The summed E-state index contributed by atoms with van der Waals surface area (Å²) in [7, 11) is 1.79. The van der Waals surface area contributed by atoms with E-state index in [4.69, 9.17) is 0 Å². The van der Waals surface area contributed by atoms with Crippen molar-refractivity contribution in [2.24, 2.45) is 7.05 Å². The highest BCUT2D eigenvalue weighted by molar-refractivity contribution is 5.75. The van der Waals surface area contributed by atoms with Crippen LogP contribution in [-0.4, -0.2) is 33.5 Å². The van der Waals surface area contributed by atoms with Gasteiger partial charge in [0.2, 0.25) is 0 Å². The molecule has 6 heteroatoms. The molecule has 1 aromatic heterocycles. The van der Waals surface area contributed by atoms with Crippen LogP contribution in [0.4, 0.5) is 4.79 Å². The van der Waals surface area contributed by atoms with E-state index in [1.165, 1.54) is 5.56 Å². The van der Waals surface area contributed by atoms with E-state index in [9.17, 15) is 9.90 Å². The highest BCUT2D eigenvalue weighted by Gasteiger charge is 2.39. The predicted molar refractivity (Wildman–Crippen MR) is 86.9 cm³/mol. The first kappa shape index (κ1) is 15.6. The molecule has 0 spiro atoms. The van der Waals surface area contributed by atoms with Crippen LogP contribution in [-0.2, 0) is 12.6 Å². The van der Waals surface area contributed by atoms with Gasteiger partial charge in [0.25, 0.3) is 0 Å². The Bertz CT molecular complexity index is 681. The summed E-state index contributed by atoms with van der Waals surface area (Å²) in [4.78, 5) is 12.0. The number of benzene rings is 1. The standard InChI is InChI=1S/C17H22N4O2/c1-17(23,13-9-19-21(2)10-13)11-18-16(22)20-15-8-14(15)12-6-4-3-5-7-12/h3-7,9-10,14-15,23H,8,11H2,1-2H3,(H2,18,20,22). The number of carbonyl (C=O) groups is 1. The lowest BCUT2D eigenvalue weighted by Crippen LogP contribution is -2.44. The van der Waals surface area contributed by atoms with Crippen LogP contribution in [0.2, 0.25) is 0 Å². The molecule has 0 radical (unpaired) electrons. The molecule has 1 aromatic carbocycles. The Hall–Kier alpha value is -2.34. The van der Waals surface area contributed by atoms with Crippen LogP contribution < -0.4 is 10.6 Å². The number of aromatic nitrogens is 2. The quantitative estimate of drug-likeness (QED) is 0.782. The Labute approximate surface area is 135 Å². The number of nitrogens with one attached hydrogen (secondary N) is 2. The van der Waals surface area contributed by atoms with E-state index < -0.39 is 5.60 Å². The zero-order chi connectivity index (χ0) is 16.4. The van der Waals surface area contributed by atoms with E-state index in [1.54, 1.807) is 31.0 Å². The Balaban J connectivity index is 1.47. The molecule has 1 aliphatic rings. The molecule has 122 valence electrons. The summed E-state index contributed by atoms with van der Waals surface area (Å²) in [5.74, 6) is 0.390. The summed E-state index contributed by atoms with van der Waals surface area (Å²) in [6.07, 6.45) is 4.30. The summed E-state index contributed by atoms with van der Waals surface area (Å²) in [5.41, 5.74) is 0.780.